The molecule has 0 saturated carbocycles. The minimum absolute atomic E-state index is 0.298. The molecule has 0 bridgehead atoms. The molecule has 0 fully saturated rings. The van der Waals surface area contributed by atoms with E-state index < -0.39 is 0 Å². The molecule has 0 spiro atoms. The second-order valence-corrected chi connectivity index (χ2v) is 5.07. The zero-order valence-electron chi connectivity index (χ0n) is 10.8. The summed E-state index contributed by atoms with van der Waals surface area (Å²) in [4.78, 5) is 5.29. The van der Waals surface area contributed by atoms with E-state index in [-0.39, 0.29) is 0 Å². The Bertz CT molecular complexity index is 469. The van der Waals surface area contributed by atoms with Crippen LogP contribution in [-0.4, -0.2) is 21.1 Å². The second-order valence-electron chi connectivity index (χ2n) is 4.29. The van der Waals surface area contributed by atoms with E-state index in [0.29, 0.717) is 6.04 Å². The van der Waals surface area contributed by atoms with Gasteiger partial charge in [-0.05, 0) is 55.5 Å². The van der Waals surface area contributed by atoms with E-state index in [4.69, 9.17) is 0 Å². The van der Waals surface area contributed by atoms with Crippen LogP contribution in [0.2, 0.25) is 0 Å². The van der Waals surface area contributed by atoms with Crippen LogP contribution in [0, 0.1) is 6.92 Å². The van der Waals surface area contributed by atoms with E-state index in [9.17, 15) is 0 Å². The van der Waals surface area contributed by atoms with Crippen molar-refractivity contribution in [2.24, 2.45) is 0 Å². The molecular formula is C13H18N4S. The Morgan fingerprint density at radius 1 is 1.33 bits per heavy atom. The third-order valence-corrected chi connectivity index (χ3v) is 3.77. The summed E-state index contributed by atoms with van der Waals surface area (Å²) < 4.78 is 4.03. The normalized spacial score (nSPS) is 12.6. The zero-order chi connectivity index (χ0) is 12.8. The van der Waals surface area contributed by atoms with Crippen molar-refractivity contribution in [1.29, 1.82) is 0 Å². The standard InChI is InChI=1S/C13H18N4S/c1-3-6-15-12(13-10(2)16-17-18-13)9-11-4-7-14-8-5-11/h4-5,7-8,12,15H,3,6,9H2,1-2H3. The molecule has 0 aromatic carbocycles. The minimum atomic E-state index is 0.298. The second kappa shape index (κ2) is 6.56. The van der Waals surface area contributed by atoms with Crippen molar-refractivity contribution in [2.45, 2.75) is 32.7 Å². The van der Waals surface area contributed by atoms with Gasteiger partial charge >= 0.3 is 0 Å². The molecule has 2 heterocycles. The van der Waals surface area contributed by atoms with Crippen LogP contribution in [0.5, 0.6) is 0 Å². The highest BCUT2D eigenvalue weighted by Crippen LogP contribution is 2.23. The molecular weight excluding hydrogens is 244 g/mol. The Morgan fingerprint density at radius 3 is 2.72 bits per heavy atom. The zero-order valence-corrected chi connectivity index (χ0v) is 11.6. The summed E-state index contributed by atoms with van der Waals surface area (Å²) in [5, 5.41) is 7.67. The quantitative estimate of drug-likeness (QED) is 0.869. The first-order valence-corrected chi connectivity index (χ1v) is 6.99. The third kappa shape index (κ3) is 3.34. The number of nitrogens with zero attached hydrogens (tertiary/aromatic N) is 3. The van der Waals surface area contributed by atoms with Crippen molar-refractivity contribution in [3.63, 3.8) is 0 Å². The summed E-state index contributed by atoms with van der Waals surface area (Å²) in [5.74, 6) is 0. The minimum Gasteiger partial charge on any atom is -0.309 e. The molecule has 0 aliphatic rings. The third-order valence-electron chi connectivity index (χ3n) is 2.83. The summed E-state index contributed by atoms with van der Waals surface area (Å²) in [7, 11) is 0. The van der Waals surface area contributed by atoms with Crippen LogP contribution in [0.4, 0.5) is 0 Å². The average Bonchev–Trinajstić information content (AvgIpc) is 2.82. The summed E-state index contributed by atoms with van der Waals surface area (Å²) in [6.07, 6.45) is 5.75. The Kier molecular flexibility index (Phi) is 4.78. The lowest BCUT2D eigenvalue weighted by Gasteiger charge is -2.17. The Hall–Kier alpha value is -1.33. The van der Waals surface area contributed by atoms with Crippen molar-refractivity contribution in [3.05, 3.63) is 40.7 Å². The molecule has 0 aliphatic heterocycles. The molecule has 0 aliphatic carbocycles. The molecule has 1 unspecified atom stereocenters. The van der Waals surface area contributed by atoms with Crippen LogP contribution in [-0.2, 0) is 6.42 Å². The lowest BCUT2D eigenvalue weighted by molar-refractivity contribution is 0.533. The number of nitrogens with one attached hydrogen (secondary N) is 1. The molecule has 2 aromatic heterocycles. The summed E-state index contributed by atoms with van der Waals surface area (Å²) in [6.45, 7) is 5.20. The molecule has 1 atom stereocenters. The summed E-state index contributed by atoms with van der Waals surface area (Å²) >= 11 is 1.49. The fraction of sp³-hybridized carbons (Fsp3) is 0.462. The molecule has 2 aromatic rings. The van der Waals surface area contributed by atoms with Gasteiger partial charge in [0.25, 0.3) is 0 Å². The Morgan fingerprint density at radius 2 is 2.11 bits per heavy atom. The van der Waals surface area contributed by atoms with Gasteiger partial charge in [0, 0.05) is 18.4 Å². The first kappa shape index (κ1) is 13.1. The van der Waals surface area contributed by atoms with Crippen molar-refractivity contribution in [3.8, 4) is 0 Å². The van der Waals surface area contributed by atoms with E-state index in [1.807, 2.05) is 19.3 Å². The van der Waals surface area contributed by atoms with Gasteiger partial charge in [-0.3, -0.25) is 4.98 Å². The maximum Gasteiger partial charge on any atom is 0.0772 e. The van der Waals surface area contributed by atoms with Crippen molar-refractivity contribution < 1.29 is 0 Å². The molecule has 1 N–H and O–H groups in total. The first-order valence-electron chi connectivity index (χ1n) is 6.22. The SMILES string of the molecule is CCCNC(Cc1ccncc1)c1snnc1C. The molecule has 0 saturated heterocycles. The van der Waals surface area contributed by atoms with Crippen LogP contribution < -0.4 is 5.32 Å². The monoisotopic (exact) mass is 262 g/mol. The molecule has 5 heteroatoms. The summed E-state index contributed by atoms with van der Waals surface area (Å²) in [5.41, 5.74) is 2.31. The predicted molar refractivity (Wildman–Crippen MR) is 73.6 cm³/mol. The van der Waals surface area contributed by atoms with Crippen LogP contribution in [0.15, 0.2) is 24.5 Å². The van der Waals surface area contributed by atoms with Crippen molar-refractivity contribution in [2.75, 3.05) is 6.54 Å². The Labute approximate surface area is 112 Å². The van der Waals surface area contributed by atoms with E-state index in [2.05, 4.69) is 38.9 Å². The van der Waals surface area contributed by atoms with Gasteiger partial charge in [0.1, 0.15) is 0 Å². The van der Waals surface area contributed by atoms with Crippen molar-refractivity contribution >= 4 is 11.5 Å². The van der Waals surface area contributed by atoms with Gasteiger partial charge in [0.2, 0.25) is 0 Å². The molecule has 0 radical (unpaired) electrons. The van der Waals surface area contributed by atoms with Crippen LogP contribution in [0.25, 0.3) is 0 Å². The van der Waals surface area contributed by atoms with Gasteiger partial charge in [0.05, 0.1) is 10.6 Å². The lowest BCUT2D eigenvalue weighted by atomic mass is 10.0. The van der Waals surface area contributed by atoms with Gasteiger partial charge in [-0.1, -0.05) is 11.4 Å². The van der Waals surface area contributed by atoms with Gasteiger partial charge in [-0.25, -0.2) is 0 Å². The largest absolute Gasteiger partial charge is 0.309 e. The molecule has 2 rings (SSSR count). The van der Waals surface area contributed by atoms with Crippen LogP contribution in [0.1, 0.15) is 35.5 Å². The van der Waals surface area contributed by atoms with Crippen LogP contribution >= 0.6 is 11.5 Å². The highest BCUT2D eigenvalue weighted by atomic mass is 32.1. The lowest BCUT2D eigenvalue weighted by Crippen LogP contribution is -2.24. The van der Waals surface area contributed by atoms with Crippen molar-refractivity contribution in [1.82, 2.24) is 19.9 Å². The molecule has 4 nitrogen and oxygen atoms in total. The number of aromatic nitrogens is 3. The predicted octanol–water partition coefficient (Wildman–Crippen LogP) is 2.52. The maximum atomic E-state index is 4.10. The number of rotatable bonds is 6. The van der Waals surface area contributed by atoms with Crippen LogP contribution in [0.3, 0.4) is 0 Å². The highest BCUT2D eigenvalue weighted by Gasteiger charge is 2.16. The maximum absolute atomic E-state index is 4.10. The van der Waals surface area contributed by atoms with Gasteiger partial charge in [0.15, 0.2) is 0 Å². The van der Waals surface area contributed by atoms with E-state index >= 15 is 0 Å². The topological polar surface area (TPSA) is 50.7 Å². The molecule has 0 amide bonds. The fourth-order valence-electron chi connectivity index (χ4n) is 1.89. The van der Waals surface area contributed by atoms with E-state index in [1.54, 1.807) is 0 Å². The first-order chi connectivity index (χ1) is 8.81. The number of hydrogen-bond acceptors (Lipinski definition) is 5. The average molecular weight is 262 g/mol. The smallest absolute Gasteiger partial charge is 0.0772 e. The Balaban J connectivity index is 2.13. The fourth-order valence-corrected chi connectivity index (χ4v) is 2.61. The number of aryl methyl sites for hydroxylation is 1. The van der Waals surface area contributed by atoms with E-state index in [1.165, 1.54) is 22.0 Å². The van der Waals surface area contributed by atoms with Gasteiger partial charge < -0.3 is 5.32 Å². The van der Waals surface area contributed by atoms with Gasteiger partial charge in [-0.2, -0.15) is 0 Å². The highest BCUT2D eigenvalue weighted by molar-refractivity contribution is 7.05. The number of hydrogen-bond donors (Lipinski definition) is 1. The molecule has 96 valence electrons. The molecule has 18 heavy (non-hydrogen) atoms. The van der Waals surface area contributed by atoms with E-state index in [0.717, 1.165) is 25.1 Å². The number of pyridine rings is 1. The summed E-state index contributed by atoms with van der Waals surface area (Å²) in [6, 6.07) is 4.42. The van der Waals surface area contributed by atoms with Gasteiger partial charge in [-0.15, -0.1) is 5.10 Å².